The van der Waals surface area contributed by atoms with Crippen molar-refractivity contribution in [3.05, 3.63) is 71.8 Å². The van der Waals surface area contributed by atoms with Crippen LogP contribution in [0.5, 0.6) is 0 Å². The van der Waals surface area contributed by atoms with Crippen molar-refractivity contribution < 1.29 is 9.53 Å². The van der Waals surface area contributed by atoms with E-state index in [0.29, 0.717) is 12.5 Å². The van der Waals surface area contributed by atoms with Gasteiger partial charge in [-0.05, 0) is 44.2 Å². The van der Waals surface area contributed by atoms with Crippen LogP contribution in [0, 0.1) is 0 Å². The number of nitrogens with one attached hydrogen (secondary N) is 1. The molecule has 27 heavy (non-hydrogen) atoms. The first kappa shape index (κ1) is 19.4. The number of benzene rings is 2. The van der Waals surface area contributed by atoms with Crippen LogP contribution in [-0.4, -0.2) is 35.7 Å². The molecular weight excluding hydrogens is 336 g/mol. The smallest absolute Gasteiger partial charge is 0.407 e. The molecule has 4 nitrogen and oxygen atoms in total. The molecule has 2 aromatic carbocycles. The standard InChI is InChI=1S/C23H30N2O2/c1-23(2,3)25-15-20(19-12-8-5-9-13-19)14-21(16-25)24-22(26)27-17-18-10-6-4-7-11-18/h4-13,20-21H,14-17H2,1-3H3,(H,24,26). The lowest BCUT2D eigenvalue weighted by Gasteiger charge is -2.45. The van der Waals surface area contributed by atoms with Gasteiger partial charge in [-0.25, -0.2) is 4.79 Å². The average Bonchev–Trinajstić information content (AvgIpc) is 2.67. The molecule has 3 rings (SSSR count). The van der Waals surface area contributed by atoms with Gasteiger partial charge in [0.05, 0.1) is 0 Å². The van der Waals surface area contributed by atoms with Gasteiger partial charge in [-0.2, -0.15) is 0 Å². The topological polar surface area (TPSA) is 41.6 Å². The second-order valence-corrected chi connectivity index (χ2v) is 8.32. The second-order valence-electron chi connectivity index (χ2n) is 8.32. The summed E-state index contributed by atoms with van der Waals surface area (Å²) in [5.74, 6) is 0.401. The van der Waals surface area contributed by atoms with Gasteiger partial charge < -0.3 is 10.1 Å². The number of hydrogen-bond donors (Lipinski definition) is 1. The monoisotopic (exact) mass is 366 g/mol. The molecular formula is C23H30N2O2. The molecule has 1 saturated heterocycles. The van der Waals surface area contributed by atoms with Crippen LogP contribution in [0.15, 0.2) is 60.7 Å². The Morgan fingerprint density at radius 3 is 2.30 bits per heavy atom. The number of rotatable bonds is 4. The fraction of sp³-hybridized carbons (Fsp3) is 0.435. The number of likely N-dealkylation sites (tertiary alicyclic amines) is 1. The number of nitrogens with zero attached hydrogens (tertiary/aromatic N) is 1. The number of hydrogen-bond acceptors (Lipinski definition) is 3. The van der Waals surface area contributed by atoms with Crippen molar-refractivity contribution in [2.75, 3.05) is 13.1 Å². The molecule has 1 heterocycles. The third-order valence-electron chi connectivity index (χ3n) is 5.20. The molecule has 4 heteroatoms. The Bertz CT molecular complexity index is 725. The van der Waals surface area contributed by atoms with Gasteiger partial charge in [0.15, 0.2) is 0 Å². The molecule has 144 valence electrons. The minimum Gasteiger partial charge on any atom is -0.445 e. The Morgan fingerprint density at radius 1 is 1.04 bits per heavy atom. The van der Waals surface area contributed by atoms with Crippen LogP contribution in [0.3, 0.4) is 0 Å². The fourth-order valence-corrected chi connectivity index (χ4v) is 3.65. The van der Waals surface area contributed by atoms with Gasteiger partial charge in [0.2, 0.25) is 0 Å². The third-order valence-corrected chi connectivity index (χ3v) is 5.20. The summed E-state index contributed by atoms with van der Waals surface area (Å²) >= 11 is 0. The molecule has 0 bridgehead atoms. The molecule has 1 amide bonds. The van der Waals surface area contributed by atoms with Crippen LogP contribution in [0.1, 0.15) is 44.2 Å². The fourth-order valence-electron chi connectivity index (χ4n) is 3.65. The van der Waals surface area contributed by atoms with E-state index in [2.05, 4.69) is 55.3 Å². The highest BCUT2D eigenvalue weighted by Crippen LogP contribution is 2.30. The Labute approximate surface area is 162 Å². The summed E-state index contributed by atoms with van der Waals surface area (Å²) in [7, 11) is 0. The summed E-state index contributed by atoms with van der Waals surface area (Å²) in [5.41, 5.74) is 2.38. The zero-order valence-corrected chi connectivity index (χ0v) is 16.5. The summed E-state index contributed by atoms with van der Waals surface area (Å²) in [6, 6.07) is 20.4. The molecule has 1 aliphatic rings. The highest BCUT2D eigenvalue weighted by molar-refractivity contribution is 5.67. The largest absolute Gasteiger partial charge is 0.445 e. The summed E-state index contributed by atoms with van der Waals surface area (Å²) in [4.78, 5) is 14.8. The summed E-state index contributed by atoms with van der Waals surface area (Å²) in [5, 5.41) is 3.09. The first-order valence-corrected chi connectivity index (χ1v) is 9.69. The van der Waals surface area contributed by atoms with Crippen molar-refractivity contribution in [3.63, 3.8) is 0 Å². The minimum absolute atomic E-state index is 0.0569. The Morgan fingerprint density at radius 2 is 1.67 bits per heavy atom. The third kappa shape index (κ3) is 5.57. The van der Waals surface area contributed by atoms with E-state index in [1.807, 2.05) is 36.4 Å². The molecule has 1 fully saturated rings. The van der Waals surface area contributed by atoms with E-state index in [1.165, 1.54) is 5.56 Å². The van der Waals surface area contributed by atoms with E-state index in [4.69, 9.17) is 4.74 Å². The molecule has 0 aromatic heterocycles. The van der Waals surface area contributed by atoms with Crippen LogP contribution in [0.2, 0.25) is 0 Å². The zero-order valence-electron chi connectivity index (χ0n) is 16.5. The summed E-state index contributed by atoms with van der Waals surface area (Å²) < 4.78 is 5.42. The first-order chi connectivity index (χ1) is 12.9. The lowest BCUT2D eigenvalue weighted by molar-refractivity contribution is 0.0724. The maximum Gasteiger partial charge on any atom is 0.407 e. The number of carbonyl (C=O) groups is 1. The summed E-state index contributed by atoms with van der Waals surface area (Å²) in [6.07, 6.45) is 0.586. The molecule has 2 aromatic rings. The van der Waals surface area contributed by atoms with Crippen LogP contribution < -0.4 is 5.32 Å². The van der Waals surface area contributed by atoms with E-state index in [-0.39, 0.29) is 17.7 Å². The number of ether oxygens (including phenoxy) is 1. The predicted molar refractivity (Wildman–Crippen MR) is 109 cm³/mol. The van der Waals surface area contributed by atoms with E-state index >= 15 is 0 Å². The maximum absolute atomic E-state index is 12.3. The molecule has 2 unspecified atom stereocenters. The number of amides is 1. The van der Waals surface area contributed by atoms with Gasteiger partial charge in [-0.3, -0.25) is 4.90 Å². The first-order valence-electron chi connectivity index (χ1n) is 9.69. The van der Waals surface area contributed by atoms with Gasteiger partial charge in [-0.1, -0.05) is 60.7 Å². The second kappa shape index (κ2) is 8.57. The predicted octanol–water partition coefficient (Wildman–Crippen LogP) is 4.57. The highest BCUT2D eigenvalue weighted by atomic mass is 16.5. The number of carbonyl (C=O) groups excluding carboxylic acids is 1. The van der Waals surface area contributed by atoms with Crippen molar-refractivity contribution in [2.24, 2.45) is 0 Å². The molecule has 1 aliphatic heterocycles. The highest BCUT2D eigenvalue weighted by Gasteiger charge is 2.34. The van der Waals surface area contributed by atoms with E-state index in [1.54, 1.807) is 0 Å². The summed E-state index contributed by atoms with van der Waals surface area (Å²) in [6.45, 7) is 8.82. The number of piperidine rings is 1. The Hall–Kier alpha value is -2.33. The Kier molecular flexibility index (Phi) is 6.17. The van der Waals surface area contributed by atoms with E-state index in [0.717, 1.165) is 25.1 Å². The molecule has 0 saturated carbocycles. The average molecular weight is 367 g/mol. The van der Waals surface area contributed by atoms with Crippen LogP contribution in [-0.2, 0) is 11.3 Å². The molecule has 0 radical (unpaired) electrons. The van der Waals surface area contributed by atoms with Gasteiger partial charge >= 0.3 is 6.09 Å². The van der Waals surface area contributed by atoms with E-state index in [9.17, 15) is 4.79 Å². The lowest BCUT2D eigenvalue weighted by atomic mass is 9.86. The quantitative estimate of drug-likeness (QED) is 0.862. The zero-order chi connectivity index (χ0) is 19.3. The molecule has 0 aliphatic carbocycles. The minimum atomic E-state index is -0.341. The number of alkyl carbamates (subject to hydrolysis) is 1. The van der Waals surface area contributed by atoms with Crippen LogP contribution in [0.4, 0.5) is 4.79 Å². The normalized spacial score (nSPS) is 20.9. The van der Waals surface area contributed by atoms with Crippen LogP contribution in [0.25, 0.3) is 0 Å². The van der Waals surface area contributed by atoms with Gasteiger partial charge in [0.1, 0.15) is 6.61 Å². The Balaban J connectivity index is 1.63. The SMILES string of the molecule is CC(C)(C)N1CC(NC(=O)OCc2ccccc2)CC(c2ccccc2)C1. The van der Waals surface area contributed by atoms with Crippen molar-refractivity contribution in [2.45, 2.75) is 51.3 Å². The molecule has 0 spiro atoms. The van der Waals surface area contributed by atoms with Crippen molar-refractivity contribution >= 4 is 6.09 Å². The lowest BCUT2D eigenvalue weighted by Crippen LogP contribution is -2.55. The van der Waals surface area contributed by atoms with Crippen LogP contribution >= 0.6 is 0 Å². The van der Waals surface area contributed by atoms with Crippen molar-refractivity contribution in [1.82, 2.24) is 10.2 Å². The van der Waals surface area contributed by atoms with E-state index < -0.39 is 0 Å². The maximum atomic E-state index is 12.3. The van der Waals surface area contributed by atoms with Gasteiger partial charge in [0.25, 0.3) is 0 Å². The van der Waals surface area contributed by atoms with Gasteiger partial charge in [0, 0.05) is 24.7 Å². The molecule has 1 N–H and O–H groups in total. The van der Waals surface area contributed by atoms with Gasteiger partial charge in [-0.15, -0.1) is 0 Å². The molecule has 2 atom stereocenters. The van der Waals surface area contributed by atoms with Crippen molar-refractivity contribution in [3.8, 4) is 0 Å². The van der Waals surface area contributed by atoms with Crippen molar-refractivity contribution in [1.29, 1.82) is 0 Å².